The molecule has 1 aromatic heterocycles. The summed E-state index contributed by atoms with van der Waals surface area (Å²) in [5, 5.41) is 1.71. The normalized spacial score (nSPS) is 16.9. The van der Waals surface area contributed by atoms with Crippen LogP contribution in [0.4, 0.5) is 15.9 Å². The third-order valence-electron chi connectivity index (χ3n) is 5.79. The van der Waals surface area contributed by atoms with Crippen LogP contribution in [0.15, 0.2) is 52.2 Å². The van der Waals surface area contributed by atoms with Crippen LogP contribution in [0.3, 0.4) is 0 Å². The number of nitrogens with one attached hydrogen (secondary N) is 1. The number of hydrogen-bond acceptors (Lipinski definition) is 6. The van der Waals surface area contributed by atoms with Gasteiger partial charge in [0.1, 0.15) is 10.7 Å². The first-order valence-corrected chi connectivity index (χ1v) is 12.9. The van der Waals surface area contributed by atoms with Crippen LogP contribution in [0, 0.1) is 12.7 Å². The SMILES string of the molecule is Cc1ccccc1CN1CCC(N(C)c2cc(F)c(S(=O)(=O)Nc3cscn3)cc2Cl)C1. The summed E-state index contributed by atoms with van der Waals surface area (Å²) in [6, 6.07) is 10.8. The smallest absolute Gasteiger partial charge is 0.266 e. The van der Waals surface area contributed by atoms with Gasteiger partial charge in [-0.3, -0.25) is 9.62 Å². The first kappa shape index (κ1) is 23.0. The molecule has 0 bridgehead atoms. The van der Waals surface area contributed by atoms with Gasteiger partial charge in [-0.25, -0.2) is 17.8 Å². The summed E-state index contributed by atoms with van der Waals surface area (Å²) in [7, 11) is -2.27. The number of sulfonamides is 1. The molecular formula is C22H24ClFN4O2S2. The zero-order valence-electron chi connectivity index (χ0n) is 17.8. The second kappa shape index (κ2) is 9.35. The van der Waals surface area contributed by atoms with E-state index in [4.69, 9.17) is 11.6 Å². The van der Waals surface area contributed by atoms with Crippen LogP contribution < -0.4 is 9.62 Å². The van der Waals surface area contributed by atoms with E-state index < -0.39 is 20.7 Å². The summed E-state index contributed by atoms with van der Waals surface area (Å²) < 4.78 is 42.3. The number of halogens is 2. The molecule has 6 nitrogen and oxygen atoms in total. The number of aromatic nitrogens is 1. The average Bonchev–Trinajstić information content (AvgIpc) is 3.42. The zero-order valence-corrected chi connectivity index (χ0v) is 20.1. The minimum Gasteiger partial charge on any atom is -0.369 e. The van der Waals surface area contributed by atoms with Crippen LogP contribution in [0.25, 0.3) is 0 Å². The largest absolute Gasteiger partial charge is 0.369 e. The van der Waals surface area contributed by atoms with E-state index in [1.807, 2.05) is 24.1 Å². The molecule has 1 aliphatic rings. The van der Waals surface area contributed by atoms with Crippen molar-refractivity contribution in [3.05, 3.63) is 69.3 Å². The van der Waals surface area contributed by atoms with Crippen molar-refractivity contribution in [3.63, 3.8) is 0 Å². The van der Waals surface area contributed by atoms with Gasteiger partial charge in [-0.15, -0.1) is 11.3 Å². The first-order chi connectivity index (χ1) is 15.2. The Labute approximate surface area is 196 Å². The van der Waals surface area contributed by atoms with Gasteiger partial charge in [0.25, 0.3) is 10.0 Å². The van der Waals surface area contributed by atoms with Gasteiger partial charge in [0, 0.05) is 44.2 Å². The van der Waals surface area contributed by atoms with Crippen LogP contribution >= 0.6 is 22.9 Å². The molecule has 1 saturated heterocycles. The molecule has 1 aliphatic heterocycles. The second-order valence-electron chi connectivity index (χ2n) is 7.93. The maximum absolute atomic E-state index is 14.9. The standard InChI is InChI=1S/C22H24ClFN4O2S2/c1-15-5-3-4-6-16(15)11-28-8-7-17(12-28)27(2)20-10-19(24)21(9-18(20)23)32(29,30)26-22-13-31-14-25-22/h3-6,9-10,13-14,17,26H,7-8,11-12H2,1-2H3. The number of thiazole rings is 1. The Kier molecular flexibility index (Phi) is 6.71. The van der Waals surface area contributed by atoms with Gasteiger partial charge in [-0.1, -0.05) is 35.9 Å². The highest BCUT2D eigenvalue weighted by molar-refractivity contribution is 7.92. The number of anilines is 2. The van der Waals surface area contributed by atoms with E-state index in [0.29, 0.717) is 5.69 Å². The van der Waals surface area contributed by atoms with Gasteiger partial charge in [0.15, 0.2) is 5.82 Å². The Morgan fingerprint density at radius 1 is 1.34 bits per heavy atom. The lowest BCUT2D eigenvalue weighted by Crippen LogP contribution is -2.34. The zero-order chi connectivity index (χ0) is 22.9. The molecular weight excluding hydrogens is 471 g/mol. The Bertz CT molecular complexity index is 1200. The molecule has 1 N–H and O–H groups in total. The number of aryl methyl sites for hydroxylation is 1. The molecule has 32 heavy (non-hydrogen) atoms. The van der Waals surface area contributed by atoms with Crippen LogP contribution in [0.2, 0.25) is 5.02 Å². The quantitative estimate of drug-likeness (QED) is 0.513. The molecule has 4 rings (SSSR count). The van der Waals surface area contributed by atoms with Gasteiger partial charge in [-0.05, 0) is 30.5 Å². The van der Waals surface area contributed by atoms with Crippen LogP contribution in [0.1, 0.15) is 17.5 Å². The van der Waals surface area contributed by atoms with E-state index in [2.05, 4.69) is 33.7 Å². The van der Waals surface area contributed by atoms with Crippen LogP contribution in [0.5, 0.6) is 0 Å². The van der Waals surface area contributed by atoms with E-state index in [-0.39, 0.29) is 16.9 Å². The summed E-state index contributed by atoms with van der Waals surface area (Å²) in [5.41, 5.74) is 4.52. The molecule has 3 aromatic rings. The molecule has 1 fully saturated rings. The van der Waals surface area contributed by atoms with Crippen molar-refractivity contribution < 1.29 is 12.8 Å². The summed E-state index contributed by atoms with van der Waals surface area (Å²) in [5.74, 6) is -0.708. The molecule has 0 aliphatic carbocycles. The number of benzene rings is 2. The predicted octanol–water partition coefficient (Wildman–Crippen LogP) is 4.76. The number of likely N-dealkylation sites (N-methyl/N-ethyl adjacent to an activating group) is 1. The highest BCUT2D eigenvalue weighted by atomic mass is 35.5. The fourth-order valence-electron chi connectivity index (χ4n) is 3.95. The van der Waals surface area contributed by atoms with Crippen molar-refractivity contribution in [2.24, 2.45) is 0 Å². The molecule has 1 unspecified atom stereocenters. The van der Waals surface area contributed by atoms with Crippen molar-refractivity contribution in [2.75, 3.05) is 29.8 Å². The molecule has 170 valence electrons. The Morgan fingerprint density at radius 3 is 2.84 bits per heavy atom. The lowest BCUT2D eigenvalue weighted by Gasteiger charge is -2.28. The van der Waals surface area contributed by atoms with Crippen LogP contribution in [-0.4, -0.2) is 44.5 Å². The second-order valence-corrected chi connectivity index (χ2v) is 10.7. The molecule has 2 heterocycles. The maximum Gasteiger partial charge on any atom is 0.266 e. The molecule has 0 radical (unpaired) electrons. The van der Waals surface area contributed by atoms with Gasteiger partial charge >= 0.3 is 0 Å². The molecule has 0 amide bonds. The van der Waals surface area contributed by atoms with E-state index in [9.17, 15) is 12.8 Å². The average molecular weight is 495 g/mol. The fourth-order valence-corrected chi connectivity index (χ4v) is 5.95. The number of rotatable bonds is 7. The Balaban J connectivity index is 1.49. The van der Waals surface area contributed by atoms with Gasteiger partial charge in [0.2, 0.25) is 0 Å². The number of hydrogen-bond donors (Lipinski definition) is 1. The summed E-state index contributed by atoms with van der Waals surface area (Å²) in [4.78, 5) is 7.68. The number of likely N-dealkylation sites (tertiary alicyclic amines) is 1. The van der Waals surface area contributed by atoms with Crippen molar-refractivity contribution in [1.82, 2.24) is 9.88 Å². The summed E-state index contributed by atoms with van der Waals surface area (Å²) in [6.45, 7) is 4.71. The monoisotopic (exact) mass is 494 g/mol. The molecule has 10 heteroatoms. The van der Waals surface area contributed by atoms with Gasteiger partial charge in [0.05, 0.1) is 16.2 Å². The topological polar surface area (TPSA) is 65.5 Å². The lowest BCUT2D eigenvalue weighted by molar-refractivity contribution is 0.325. The van der Waals surface area contributed by atoms with Gasteiger partial charge in [-0.2, -0.15) is 0 Å². The molecule has 0 saturated carbocycles. The lowest BCUT2D eigenvalue weighted by atomic mass is 10.1. The van der Waals surface area contributed by atoms with E-state index in [1.54, 1.807) is 0 Å². The summed E-state index contributed by atoms with van der Waals surface area (Å²) in [6.07, 6.45) is 0.908. The third kappa shape index (κ3) is 4.91. The highest BCUT2D eigenvalue weighted by Gasteiger charge is 2.29. The highest BCUT2D eigenvalue weighted by Crippen LogP contribution is 2.33. The molecule has 2 aromatic carbocycles. The van der Waals surface area contributed by atoms with E-state index >= 15 is 0 Å². The van der Waals surface area contributed by atoms with Crippen molar-refractivity contribution >= 4 is 44.5 Å². The van der Waals surface area contributed by atoms with Crippen molar-refractivity contribution in [3.8, 4) is 0 Å². The predicted molar refractivity (Wildman–Crippen MR) is 128 cm³/mol. The minimum atomic E-state index is -4.14. The summed E-state index contributed by atoms with van der Waals surface area (Å²) >= 11 is 7.66. The van der Waals surface area contributed by atoms with Gasteiger partial charge < -0.3 is 4.90 Å². The van der Waals surface area contributed by atoms with Crippen LogP contribution in [-0.2, 0) is 16.6 Å². The van der Waals surface area contributed by atoms with E-state index in [0.717, 1.165) is 32.1 Å². The molecule has 0 spiro atoms. The Hall–Kier alpha value is -2.20. The van der Waals surface area contributed by atoms with Crippen molar-refractivity contribution in [1.29, 1.82) is 0 Å². The minimum absolute atomic E-state index is 0.145. The third-order valence-corrected chi connectivity index (χ3v) is 8.05. The Morgan fingerprint density at radius 2 is 2.12 bits per heavy atom. The molecule has 1 atom stereocenters. The number of nitrogens with zero attached hydrogens (tertiary/aromatic N) is 3. The van der Waals surface area contributed by atoms with Crippen molar-refractivity contribution in [2.45, 2.75) is 30.8 Å². The maximum atomic E-state index is 14.9. The first-order valence-electron chi connectivity index (χ1n) is 10.1. The fraction of sp³-hybridized carbons (Fsp3) is 0.318. The van der Waals surface area contributed by atoms with E-state index in [1.165, 1.54) is 39.4 Å².